The Morgan fingerprint density at radius 3 is 2.07 bits per heavy atom. The van der Waals surface area contributed by atoms with Crippen LogP contribution in [0.1, 0.15) is 0 Å². The lowest BCUT2D eigenvalue weighted by Gasteiger charge is -2.15. The molecule has 0 aromatic rings. The van der Waals surface area contributed by atoms with Crippen LogP contribution in [0, 0.1) is 0 Å². The monoisotopic (exact) mass is 217 g/mol. The molecule has 0 amide bonds. The van der Waals surface area contributed by atoms with E-state index in [0.29, 0.717) is 13.1 Å². The molecule has 0 spiro atoms. The predicted octanol–water partition coefficient (Wildman–Crippen LogP) is 1.35. The van der Waals surface area contributed by atoms with E-state index in [1.165, 1.54) is 6.08 Å². The quantitative estimate of drug-likeness (QED) is 0.499. The molecule has 0 aliphatic carbocycles. The lowest BCUT2D eigenvalue weighted by molar-refractivity contribution is 0.376. The minimum absolute atomic E-state index is 0.238. The van der Waals surface area contributed by atoms with Gasteiger partial charge in [0.25, 0.3) is 0 Å². The molecule has 0 unspecified atom stereocenters. The molecule has 0 saturated carbocycles. The second kappa shape index (κ2) is 6.60. The van der Waals surface area contributed by atoms with Crippen molar-refractivity contribution in [2.24, 2.45) is 0 Å². The van der Waals surface area contributed by atoms with Crippen LogP contribution in [-0.2, 0) is 4.57 Å². The Morgan fingerprint density at radius 1 is 1.21 bits per heavy atom. The van der Waals surface area contributed by atoms with E-state index in [1.54, 1.807) is 18.4 Å². The van der Waals surface area contributed by atoms with Crippen LogP contribution in [0.25, 0.3) is 0 Å². The van der Waals surface area contributed by atoms with Crippen LogP contribution in [0.2, 0.25) is 0 Å². The lowest BCUT2D eigenvalue weighted by atomic mass is 10.4. The summed E-state index contributed by atoms with van der Waals surface area (Å²) in [6.45, 7) is 8.41. The van der Waals surface area contributed by atoms with Crippen LogP contribution in [0.5, 0.6) is 0 Å². The second-order valence-corrected chi connectivity index (χ2v) is 4.46. The van der Waals surface area contributed by atoms with Gasteiger partial charge in [-0.25, -0.2) is 0 Å². The summed E-state index contributed by atoms with van der Waals surface area (Å²) in [7, 11) is -3.92. The summed E-state index contributed by atoms with van der Waals surface area (Å²) >= 11 is 0. The average molecular weight is 217 g/mol. The summed E-state index contributed by atoms with van der Waals surface area (Å²) in [5, 5.41) is 0. The highest BCUT2D eigenvalue weighted by Gasteiger charge is 2.08. The summed E-state index contributed by atoms with van der Waals surface area (Å²) in [6.07, 6.45) is 6.28. The first kappa shape index (κ1) is 13.2. The fraction of sp³-hybridized carbons (Fsp3) is 0.333. The fourth-order valence-corrected chi connectivity index (χ4v) is 1.23. The molecule has 0 bridgehead atoms. The lowest BCUT2D eigenvalue weighted by Crippen LogP contribution is -2.16. The van der Waals surface area contributed by atoms with Crippen molar-refractivity contribution in [1.82, 2.24) is 4.90 Å². The maximum Gasteiger partial charge on any atom is 0.329 e. The predicted molar refractivity (Wildman–Crippen MR) is 58.0 cm³/mol. The zero-order valence-electron chi connectivity index (χ0n) is 8.04. The zero-order chi connectivity index (χ0) is 11.0. The van der Waals surface area contributed by atoms with Crippen molar-refractivity contribution in [3.8, 4) is 0 Å². The van der Waals surface area contributed by atoms with E-state index in [4.69, 9.17) is 9.79 Å². The van der Waals surface area contributed by atoms with E-state index < -0.39 is 7.60 Å². The minimum Gasteiger partial charge on any atom is -0.370 e. The van der Waals surface area contributed by atoms with Gasteiger partial charge in [0.15, 0.2) is 0 Å². The van der Waals surface area contributed by atoms with Gasteiger partial charge >= 0.3 is 7.60 Å². The first-order valence-electron chi connectivity index (χ1n) is 4.16. The molecule has 0 saturated heterocycles. The van der Waals surface area contributed by atoms with Crippen LogP contribution in [0.4, 0.5) is 0 Å². The van der Waals surface area contributed by atoms with Gasteiger partial charge in [0, 0.05) is 13.1 Å². The van der Waals surface area contributed by atoms with Crippen molar-refractivity contribution in [3.63, 3.8) is 0 Å². The molecule has 0 aromatic carbocycles. The zero-order valence-corrected chi connectivity index (χ0v) is 8.94. The van der Waals surface area contributed by atoms with Gasteiger partial charge in [0.2, 0.25) is 0 Å². The standard InChI is InChI=1S/C9H16NO3P/c1-3-6-10(7-4-2)8-5-9-14(11,12)13/h3-5,8H,1-2,6-7,9H2,(H2,11,12,13). The SMILES string of the molecule is C=CCN(C=CCP(=O)(O)O)CC=C. The van der Waals surface area contributed by atoms with E-state index >= 15 is 0 Å². The van der Waals surface area contributed by atoms with Gasteiger partial charge in [-0.05, 0) is 6.20 Å². The molecule has 0 aliphatic rings. The van der Waals surface area contributed by atoms with E-state index in [-0.39, 0.29) is 6.16 Å². The first-order chi connectivity index (χ1) is 6.49. The molecule has 2 N–H and O–H groups in total. The smallest absolute Gasteiger partial charge is 0.329 e. The van der Waals surface area contributed by atoms with Crippen LogP contribution in [-0.4, -0.2) is 33.9 Å². The largest absolute Gasteiger partial charge is 0.370 e. The van der Waals surface area contributed by atoms with Crippen molar-refractivity contribution in [1.29, 1.82) is 0 Å². The van der Waals surface area contributed by atoms with Crippen LogP contribution in [0.15, 0.2) is 37.6 Å². The first-order valence-corrected chi connectivity index (χ1v) is 5.96. The molecule has 0 aliphatic heterocycles. The maximum absolute atomic E-state index is 10.5. The van der Waals surface area contributed by atoms with E-state index in [9.17, 15) is 4.57 Å². The molecule has 0 radical (unpaired) electrons. The van der Waals surface area contributed by atoms with E-state index in [0.717, 1.165) is 0 Å². The Balaban J connectivity index is 4.07. The van der Waals surface area contributed by atoms with Gasteiger partial charge in [-0.15, -0.1) is 13.2 Å². The van der Waals surface area contributed by atoms with Gasteiger partial charge in [-0.2, -0.15) is 0 Å². The maximum atomic E-state index is 10.5. The second-order valence-electron chi connectivity index (χ2n) is 2.76. The third-order valence-electron chi connectivity index (χ3n) is 1.39. The van der Waals surface area contributed by atoms with Gasteiger partial charge in [-0.1, -0.05) is 18.2 Å². The van der Waals surface area contributed by atoms with Gasteiger partial charge < -0.3 is 14.7 Å². The Kier molecular flexibility index (Phi) is 6.21. The highest BCUT2D eigenvalue weighted by atomic mass is 31.2. The molecule has 14 heavy (non-hydrogen) atoms. The van der Waals surface area contributed by atoms with Crippen molar-refractivity contribution in [2.45, 2.75) is 0 Å². The number of hydrogen-bond donors (Lipinski definition) is 2. The molecule has 0 aromatic heterocycles. The number of nitrogens with zero attached hydrogens (tertiary/aromatic N) is 1. The van der Waals surface area contributed by atoms with Crippen LogP contribution < -0.4 is 0 Å². The van der Waals surface area contributed by atoms with Gasteiger partial charge in [0.1, 0.15) is 0 Å². The highest BCUT2D eigenvalue weighted by molar-refractivity contribution is 7.51. The summed E-state index contributed by atoms with van der Waals surface area (Å²) in [5.41, 5.74) is 0. The molecule has 0 rings (SSSR count). The summed E-state index contributed by atoms with van der Waals surface area (Å²) in [4.78, 5) is 19.0. The van der Waals surface area contributed by atoms with Gasteiger partial charge in [0.05, 0.1) is 6.16 Å². The van der Waals surface area contributed by atoms with Crippen LogP contribution >= 0.6 is 7.60 Å². The number of allylic oxidation sites excluding steroid dienone is 1. The van der Waals surface area contributed by atoms with E-state index in [2.05, 4.69) is 13.2 Å². The summed E-state index contributed by atoms with van der Waals surface area (Å²) in [6, 6.07) is 0. The Hall–Kier alpha value is -0.830. The average Bonchev–Trinajstić information content (AvgIpc) is 2.02. The molecule has 4 nitrogen and oxygen atoms in total. The molecule has 0 heterocycles. The topological polar surface area (TPSA) is 60.8 Å². The molecule has 0 atom stereocenters. The summed E-state index contributed by atoms with van der Waals surface area (Å²) in [5.74, 6) is 0. The number of rotatable bonds is 7. The Bertz CT molecular complexity index is 247. The van der Waals surface area contributed by atoms with Crippen molar-refractivity contribution >= 4 is 7.60 Å². The van der Waals surface area contributed by atoms with Crippen molar-refractivity contribution in [3.05, 3.63) is 37.6 Å². The molecule has 0 fully saturated rings. The molecule has 80 valence electrons. The summed E-state index contributed by atoms with van der Waals surface area (Å²) < 4.78 is 10.5. The molecule has 5 heteroatoms. The fourth-order valence-electron chi connectivity index (χ4n) is 0.861. The highest BCUT2D eigenvalue weighted by Crippen LogP contribution is 2.33. The van der Waals surface area contributed by atoms with Gasteiger partial charge in [-0.3, -0.25) is 4.57 Å². The van der Waals surface area contributed by atoms with Crippen LogP contribution in [0.3, 0.4) is 0 Å². The Morgan fingerprint density at radius 2 is 1.71 bits per heavy atom. The van der Waals surface area contributed by atoms with Crippen molar-refractivity contribution in [2.75, 3.05) is 19.3 Å². The normalized spacial score (nSPS) is 11.6. The minimum atomic E-state index is -3.92. The Labute approximate surface area is 84.4 Å². The van der Waals surface area contributed by atoms with E-state index in [1.807, 2.05) is 4.90 Å². The van der Waals surface area contributed by atoms with Crippen molar-refractivity contribution < 1.29 is 14.4 Å². The molecular formula is C9H16NO3P. The third-order valence-corrected chi connectivity index (χ3v) is 2.07. The molecular weight excluding hydrogens is 201 g/mol. The number of hydrogen-bond acceptors (Lipinski definition) is 2. The third kappa shape index (κ3) is 7.80.